The minimum Gasteiger partial charge on any atom is -0.383 e. The van der Waals surface area contributed by atoms with Crippen molar-refractivity contribution in [1.29, 1.82) is 0 Å². The number of nitrogens with zero attached hydrogens (tertiary/aromatic N) is 3. The van der Waals surface area contributed by atoms with Gasteiger partial charge in [-0.25, -0.2) is 5.01 Å². The number of hydrogen-bond donors (Lipinski definition) is 0. The van der Waals surface area contributed by atoms with Gasteiger partial charge in [0.1, 0.15) is 6.54 Å². The molecule has 0 saturated heterocycles. The molecule has 6 nitrogen and oxygen atoms in total. The number of benzene rings is 1. The first-order valence-corrected chi connectivity index (χ1v) is 11.1. The summed E-state index contributed by atoms with van der Waals surface area (Å²) in [5.41, 5.74) is 3.12. The molecule has 0 unspecified atom stereocenters. The van der Waals surface area contributed by atoms with Crippen LogP contribution in [0.4, 0.5) is 0 Å². The summed E-state index contributed by atoms with van der Waals surface area (Å²) in [6, 6.07) is 12.0. The second kappa shape index (κ2) is 10.00. The maximum absolute atomic E-state index is 13.3. The first-order valence-electron chi connectivity index (χ1n) is 10.2. The van der Waals surface area contributed by atoms with E-state index >= 15 is 0 Å². The normalized spacial score (nSPS) is 16.1. The molecular formula is C23H29N3O3S. The highest BCUT2D eigenvalue weighted by molar-refractivity contribution is 7.12. The first kappa shape index (κ1) is 22.2. The average molecular weight is 428 g/mol. The maximum Gasteiger partial charge on any atom is 0.262 e. The van der Waals surface area contributed by atoms with Crippen LogP contribution >= 0.6 is 11.3 Å². The number of carbonyl (C=O) groups is 2. The minimum absolute atomic E-state index is 0.00997. The average Bonchev–Trinajstić information content (AvgIpc) is 3.40. The zero-order chi connectivity index (χ0) is 21.7. The van der Waals surface area contributed by atoms with Crippen molar-refractivity contribution in [2.45, 2.75) is 33.2 Å². The standard InChI is InChI=1S/C23H29N3O3S/c1-16(2)23(28)25(11-12-29-4)15-22(27)26-20(18-9-7-17(3)8-10-18)14-19(24-26)21-6-5-13-30-21/h5-10,13,16,20H,11-12,14-15H2,1-4H3/t20-/m1/s1. The van der Waals surface area contributed by atoms with Gasteiger partial charge in [0.25, 0.3) is 5.91 Å². The monoisotopic (exact) mass is 427 g/mol. The molecule has 0 spiro atoms. The van der Waals surface area contributed by atoms with Crippen molar-refractivity contribution < 1.29 is 14.3 Å². The molecule has 1 aromatic heterocycles. The summed E-state index contributed by atoms with van der Waals surface area (Å²) in [5.74, 6) is -0.433. The molecule has 2 heterocycles. The van der Waals surface area contributed by atoms with Crippen LogP contribution in [0.15, 0.2) is 46.9 Å². The summed E-state index contributed by atoms with van der Waals surface area (Å²) in [6.45, 7) is 6.47. The summed E-state index contributed by atoms with van der Waals surface area (Å²) >= 11 is 1.62. The smallest absolute Gasteiger partial charge is 0.262 e. The molecule has 1 aliphatic rings. The molecule has 0 radical (unpaired) electrons. The van der Waals surface area contributed by atoms with E-state index in [4.69, 9.17) is 4.74 Å². The van der Waals surface area contributed by atoms with Gasteiger partial charge in [-0.05, 0) is 23.9 Å². The van der Waals surface area contributed by atoms with Gasteiger partial charge < -0.3 is 9.64 Å². The number of rotatable bonds is 8. The van der Waals surface area contributed by atoms with Crippen molar-refractivity contribution in [2.24, 2.45) is 11.0 Å². The van der Waals surface area contributed by atoms with Gasteiger partial charge in [0, 0.05) is 26.0 Å². The van der Waals surface area contributed by atoms with E-state index in [1.54, 1.807) is 28.4 Å². The van der Waals surface area contributed by atoms with E-state index < -0.39 is 0 Å². The third kappa shape index (κ3) is 5.15. The van der Waals surface area contributed by atoms with Crippen molar-refractivity contribution in [2.75, 3.05) is 26.8 Å². The summed E-state index contributed by atoms with van der Waals surface area (Å²) in [7, 11) is 1.59. The maximum atomic E-state index is 13.3. The lowest BCUT2D eigenvalue weighted by Crippen LogP contribution is -2.44. The molecule has 0 aliphatic carbocycles. The highest BCUT2D eigenvalue weighted by Crippen LogP contribution is 2.34. The van der Waals surface area contributed by atoms with Crippen molar-refractivity contribution in [3.63, 3.8) is 0 Å². The number of methoxy groups -OCH3 is 1. The van der Waals surface area contributed by atoms with Gasteiger partial charge in [-0.15, -0.1) is 11.3 Å². The number of carbonyl (C=O) groups excluding carboxylic acids is 2. The van der Waals surface area contributed by atoms with Crippen LogP contribution in [0.1, 0.15) is 42.3 Å². The molecule has 0 N–H and O–H groups in total. The summed E-state index contributed by atoms with van der Waals surface area (Å²) in [6.07, 6.45) is 0.658. The van der Waals surface area contributed by atoms with Gasteiger partial charge in [-0.2, -0.15) is 5.10 Å². The Morgan fingerprint density at radius 2 is 2.00 bits per heavy atom. The molecule has 3 rings (SSSR count). The molecule has 7 heteroatoms. The Balaban J connectivity index is 1.86. The molecule has 1 atom stereocenters. The van der Waals surface area contributed by atoms with E-state index in [0.29, 0.717) is 19.6 Å². The summed E-state index contributed by atoms with van der Waals surface area (Å²) in [4.78, 5) is 28.5. The van der Waals surface area contributed by atoms with Gasteiger partial charge in [0.2, 0.25) is 5.91 Å². The largest absolute Gasteiger partial charge is 0.383 e. The van der Waals surface area contributed by atoms with Gasteiger partial charge in [0.05, 0.1) is 23.2 Å². The van der Waals surface area contributed by atoms with Gasteiger partial charge in [-0.3, -0.25) is 9.59 Å². The SMILES string of the molecule is COCCN(CC(=O)N1N=C(c2cccs2)C[C@@H]1c1ccc(C)cc1)C(=O)C(C)C. The van der Waals surface area contributed by atoms with Crippen molar-refractivity contribution in [3.05, 3.63) is 57.8 Å². The minimum atomic E-state index is -0.189. The zero-order valence-corrected chi connectivity index (χ0v) is 18.8. The van der Waals surface area contributed by atoms with Crippen LogP contribution in [0.2, 0.25) is 0 Å². The van der Waals surface area contributed by atoms with Crippen molar-refractivity contribution >= 4 is 28.9 Å². The molecule has 1 aromatic carbocycles. The lowest BCUT2D eigenvalue weighted by Gasteiger charge is -2.28. The highest BCUT2D eigenvalue weighted by atomic mass is 32.1. The third-order valence-electron chi connectivity index (χ3n) is 5.13. The Bertz CT molecular complexity index is 891. The van der Waals surface area contributed by atoms with Crippen LogP contribution in [0.5, 0.6) is 0 Å². The number of aryl methyl sites for hydroxylation is 1. The van der Waals surface area contributed by atoms with Crippen LogP contribution in [-0.2, 0) is 14.3 Å². The van der Waals surface area contributed by atoms with E-state index in [2.05, 4.69) is 17.2 Å². The lowest BCUT2D eigenvalue weighted by molar-refractivity contribution is -0.143. The molecular weight excluding hydrogens is 398 g/mol. The number of amides is 2. The van der Waals surface area contributed by atoms with Crippen molar-refractivity contribution in [3.8, 4) is 0 Å². The van der Waals surface area contributed by atoms with Gasteiger partial charge in [0.15, 0.2) is 0 Å². The molecule has 0 saturated carbocycles. The molecule has 160 valence electrons. The Kier molecular flexibility index (Phi) is 7.39. The van der Waals surface area contributed by atoms with E-state index in [9.17, 15) is 9.59 Å². The number of hydrazone groups is 1. The van der Waals surface area contributed by atoms with E-state index in [1.807, 2.05) is 50.4 Å². The van der Waals surface area contributed by atoms with E-state index in [-0.39, 0.29) is 30.3 Å². The Morgan fingerprint density at radius 1 is 1.27 bits per heavy atom. The number of thiophene rings is 1. The van der Waals surface area contributed by atoms with Crippen molar-refractivity contribution in [1.82, 2.24) is 9.91 Å². The number of ether oxygens (including phenoxy) is 1. The molecule has 2 amide bonds. The predicted octanol–water partition coefficient (Wildman–Crippen LogP) is 3.87. The quantitative estimate of drug-likeness (QED) is 0.643. The summed E-state index contributed by atoms with van der Waals surface area (Å²) < 4.78 is 5.13. The zero-order valence-electron chi connectivity index (χ0n) is 18.0. The van der Waals surface area contributed by atoms with Gasteiger partial charge in [-0.1, -0.05) is 49.7 Å². The van der Waals surface area contributed by atoms with Crippen LogP contribution in [0.3, 0.4) is 0 Å². The molecule has 0 fully saturated rings. The van der Waals surface area contributed by atoms with Crippen LogP contribution in [-0.4, -0.2) is 54.2 Å². The topological polar surface area (TPSA) is 62.2 Å². The Labute approximate surface area is 182 Å². The predicted molar refractivity (Wildman–Crippen MR) is 120 cm³/mol. The third-order valence-corrected chi connectivity index (χ3v) is 6.05. The summed E-state index contributed by atoms with van der Waals surface area (Å²) in [5, 5.41) is 8.26. The van der Waals surface area contributed by atoms with E-state index in [1.165, 1.54) is 5.56 Å². The van der Waals surface area contributed by atoms with E-state index in [0.717, 1.165) is 16.2 Å². The highest BCUT2D eigenvalue weighted by Gasteiger charge is 2.34. The van der Waals surface area contributed by atoms with Crippen LogP contribution < -0.4 is 0 Å². The fraction of sp³-hybridized carbons (Fsp3) is 0.435. The Morgan fingerprint density at radius 3 is 2.60 bits per heavy atom. The van der Waals surface area contributed by atoms with Crippen LogP contribution in [0, 0.1) is 12.8 Å². The fourth-order valence-corrected chi connectivity index (χ4v) is 4.17. The lowest BCUT2D eigenvalue weighted by atomic mass is 10.00. The molecule has 1 aliphatic heterocycles. The first-order chi connectivity index (χ1) is 14.4. The Hall–Kier alpha value is -2.51. The molecule has 30 heavy (non-hydrogen) atoms. The second-order valence-corrected chi connectivity index (χ2v) is 8.75. The molecule has 2 aromatic rings. The van der Waals surface area contributed by atoms with Gasteiger partial charge >= 0.3 is 0 Å². The second-order valence-electron chi connectivity index (χ2n) is 7.80. The number of hydrogen-bond acceptors (Lipinski definition) is 5. The van der Waals surface area contributed by atoms with Crippen LogP contribution in [0.25, 0.3) is 0 Å². The fourth-order valence-electron chi connectivity index (χ4n) is 3.45. The molecule has 0 bridgehead atoms.